The lowest BCUT2D eigenvalue weighted by atomic mass is 9.97. The third kappa shape index (κ3) is 5.60. The van der Waals surface area contributed by atoms with Crippen LogP contribution < -0.4 is 10.0 Å². The monoisotopic (exact) mass is 675 g/mol. The van der Waals surface area contributed by atoms with E-state index in [0.717, 1.165) is 63.1 Å². The molecule has 4 aromatic rings. The van der Waals surface area contributed by atoms with Crippen LogP contribution in [0.25, 0.3) is 21.5 Å². The summed E-state index contributed by atoms with van der Waals surface area (Å²) in [5.74, 6) is 1.32. The first-order valence-corrected chi connectivity index (χ1v) is 17.6. The molecule has 7 rings (SSSR count). The van der Waals surface area contributed by atoms with Crippen LogP contribution in [0.4, 0.5) is 5.13 Å². The Bertz CT molecular complexity index is 1840. The van der Waals surface area contributed by atoms with Gasteiger partial charge in [0, 0.05) is 48.7 Å². The first-order valence-electron chi connectivity index (χ1n) is 14.5. The molecule has 3 saturated carbocycles. The fourth-order valence-electron chi connectivity index (χ4n) is 6.46. The van der Waals surface area contributed by atoms with Crippen LogP contribution in [0.2, 0.25) is 10.0 Å². The van der Waals surface area contributed by atoms with E-state index < -0.39 is 16.1 Å². The molecule has 10 nitrogen and oxygen atoms in total. The number of hydrogen-bond donors (Lipinski definition) is 2. The molecular formula is C30H31Cl2N5O5S2. The third-order valence-electron chi connectivity index (χ3n) is 8.90. The zero-order valence-electron chi connectivity index (χ0n) is 24.0. The number of aromatic nitrogens is 2. The summed E-state index contributed by atoms with van der Waals surface area (Å²) < 4.78 is 40.4. The molecule has 232 valence electrons. The highest BCUT2D eigenvalue weighted by Crippen LogP contribution is 2.50. The Morgan fingerprint density at radius 1 is 1.14 bits per heavy atom. The number of halogens is 2. The maximum Gasteiger partial charge on any atom is 0.303 e. The average Bonchev–Trinajstić information content (AvgIpc) is 3.29. The lowest BCUT2D eigenvalue weighted by Crippen LogP contribution is -2.39. The first kappa shape index (κ1) is 29.9. The minimum absolute atomic E-state index is 0.0751. The molecule has 3 aliphatic rings. The number of anilines is 1. The van der Waals surface area contributed by atoms with Crippen molar-refractivity contribution in [2.24, 2.45) is 11.8 Å². The molecule has 2 heterocycles. The molecule has 2 N–H and O–H groups in total. The summed E-state index contributed by atoms with van der Waals surface area (Å²) in [6, 6.07) is 10.6. The number of thiazole rings is 1. The Hall–Kier alpha value is -2.74. The second-order valence-corrected chi connectivity index (χ2v) is 15.7. The van der Waals surface area contributed by atoms with Crippen LogP contribution in [0.3, 0.4) is 0 Å². The highest BCUT2D eigenvalue weighted by Gasteiger charge is 2.49. The summed E-state index contributed by atoms with van der Waals surface area (Å²) in [6.45, 7) is 0.377. The van der Waals surface area contributed by atoms with Gasteiger partial charge in [-0.15, -0.1) is 0 Å². The third-order valence-corrected chi connectivity index (χ3v) is 11.9. The van der Waals surface area contributed by atoms with Gasteiger partial charge in [-0.1, -0.05) is 45.8 Å². The number of carbonyl (C=O) groups is 1. The van der Waals surface area contributed by atoms with E-state index in [4.69, 9.17) is 37.4 Å². The largest absolute Gasteiger partial charge is 0.373 e. The average molecular weight is 677 g/mol. The Kier molecular flexibility index (Phi) is 7.87. The van der Waals surface area contributed by atoms with E-state index in [0.29, 0.717) is 45.7 Å². The van der Waals surface area contributed by atoms with Crippen LogP contribution >= 0.6 is 34.5 Å². The molecule has 1 amide bonds. The molecule has 2 bridgehead atoms. The van der Waals surface area contributed by atoms with Gasteiger partial charge in [-0.25, -0.2) is 9.71 Å². The van der Waals surface area contributed by atoms with Crippen molar-refractivity contribution >= 4 is 66.0 Å². The van der Waals surface area contributed by atoms with Crippen molar-refractivity contribution in [3.05, 3.63) is 63.3 Å². The molecule has 0 spiro atoms. The molecule has 0 aliphatic heterocycles. The minimum Gasteiger partial charge on any atom is -0.373 e. The number of benzene rings is 2. The Morgan fingerprint density at radius 3 is 2.64 bits per heavy atom. The SMILES string of the molecule is CN(C)S(=O)(=O)NC(=O)c1ccc2nc(NC3C4CCC3[C@H](OCc3c(-c5c(Cl)cccc5Cl)noc3C3CC3)C4)sc2c1. The summed E-state index contributed by atoms with van der Waals surface area (Å²) in [6.07, 6.45) is 5.35. The smallest absolute Gasteiger partial charge is 0.303 e. The van der Waals surface area contributed by atoms with Crippen LogP contribution in [0.1, 0.15) is 59.7 Å². The topological polar surface area (TPSA) is 127 Å². The molecule has 14 heteroatoms. The molecule has 2 aromatic heterocycles. The number of amides is 1. The maximum absolute atomic E-state index is 12.6. The van der Waals surface area contributed by atoms with E-state index in [1.807, 2.05) is 6.07 Å². The number of hydrogen-bond acceptors (Lipinski definition) is 9. The summed E-state index contributed by atoms with van der Waals surface area (Å²) in [5.41, 5.74) is 3.26. The summed E-state index contributed by atoms with van der Waals surface area (Å²) in [5, 5.41) is 9.89. The van der Waals surface area contributed by atoms with Crippen LogP contribution in [-0.2, 0) is 21.6 Å². The highest BCUT2D eigenvalue weighted by molar-refractivity contribution is 7.87. The summed E-state index contributed by atoms with van der Waals surface area (Å²) in [7, 11) is -1.16. The van der Waals surface area contributed by atoms with E-state index in [-0.39, 0.29) is 17.7 Å². The lowest BCUT2D eigenvalue weighted by molar-refractivity contribution is 0.00412. The molecule has 0 saturated heterocycles. The molecule has 3 aliphatic carbocycles. The number of carbonyl (C=O) groups excluding carboxylic acids is 1. The van der Waals surface area contributed by atoms with E-state index >= 15 is 0 Å². The molecule has 4 atom stereocenters. The molecular weight excluding hydrogens is 645 g/mol. The van der Waals surface area contributed by atoms with Crippen LogP contribution in [-0.4, -0.2) is 55.0 Å². The number of nitrogens with zero attached hydrogens (tertiary/aromatic N) is 3. The van der Waals surface area contributed by atoms with Gasteiger partial charge in [0.1, 0.15) is 11.5 Å². The zero-order chi connectivity index (χ0) is 30.7. The normalized spacial score (nSPS) is 23.1. The van der Waals surface area contributed by atoms with E-state index in [2.05, 4.69) is 15.2 Å². The number of ether oxygens (including phenoxy) is 1. The second kappa shape index (κ2) is 11.6. The maximum atomic E-state index is 12.6. The number of rotatable bonds is 10. The van der Waals surface area contributed by atoms with E-state index in [1.54, 1.807) is 30.3 Å². The van der Waals surface area contributed by atoms with Crippen molar-refractivity contribution in [2.75, 3.05) is 19.4 Å². The number of nitrogens with one attached hydrogen (secondary N) is 2. The van der Waals surface area contributed by atoms with Gasteiger partial charge in [-0.3, -0.25) is 4.79 Å². The van der Waals surface area contributed by atoms with Gasteiger partial charge < -0.3 is 14.6 Å². The fourth-order valence-corrected chi connectivity index (χ4v) is 8.53. The van der Waals surface area contributed by atoms with Gasteiger partial charge in [-0.05, 0) is 68.4 Å². The molecule has 3 fully saturated rings. The van der Waals surface area contributed by atoms with E-state index in [1.165, 1.54) is 25.4 Å². The number of fused-ring (bicyclic) bond motifs is 3. The minimum atomic E-state index is -3.89. The second-order valence-electron chi connectivity index (χ2n) is 11.9. The summed E-state index contributed by atoms with van der Waals surface area (Å²) >= 11 is 14.5. The fraction of sp³-hybridized carbons (Fsp3) is 0.433. The highest BCUT2D eigenvalue weighted by atomic mass is 35.5. The molecule has 2 aromatic carbocycles. The van der Waals surface area contributed by atoms with Gasteiger partial charge in [0.05, 0.1) is 33.0 Å². The van der Waals surface area contributed by atoms with Gasteiger partial charge in [0.15, 0.2) is 5.13 Å². The van der Waals surface area contributed by atoms with Crippen LogP contribution in [0, 0.1) is 11.8 Å². The van der Waals surface area contributed by atoms with Gasteiger partial charge >= 0.3 is 10.2 Å². The summed E-state index contributed by atoms with van der Waals surface area (Å²) in [4.78, 5) is 17.3. The Balaban J connectivity index is 1.05. The lowest BCUT2D eigenvalue weighted by Gasteiger charge is -2.23. The van der Waals surface area contributed by atoms with Gasteiger partial charge in [-0.2, -0.15) is 12.7 Å². The first-order chi connectivity index (χ1) is 21.1. The van der Waals surface area contributed by atoms with E-state index in [9.17, 15) is 13.2 Å². The predicted molar refractivity (Wildman–Crippen MR) is 170 cm³/mol. The molecule has 0 radical (unpaired) electrons. The standard InChI is InChI=1S/C30H31Cl2N5O5S2/c1-37(2)44(39,40)36-29(38)17-9-11-22-24(13-17)43-30(33-22)34-26-16-8-10-18(26)23(12-16)41-14-19-27(35-42-28(19)15-6-7-15)25-20(31)4-3-5-21(25)32/h3-5,9,11,13,15-16,18,23,26H,6-8,10,12,14H2,1-2H3,(H,33,34)(H,36,38)/t16?,18?,23-,26?/m1/s1. The Morgan fingerprint density at radius 2 is 1.91 bits per heavy atom. The van der Waals surface area contributed by atoms with Crippen LogP contribution in [0.5, 0.6) is 0 Å². The van der Waals surface area contributed by atoms with Gasteiger partial charge in [0.25, 0.3) is 5.91 Å². The predicted octanol–water partition coefficient (Wildman–Crippen LogP) is 6.47. The van der Waals surface area contributed by atoms with Crippen molar-refractivity contribution in [1.29, 1.82) is 0 Å². The quantitative estimate of drug-likeness (QED) is 0.196. The zero-order valence-corrected chi connectivity index (χ0v) is 27.2. The van der Waals surface area contributed by atoms with Crippen molar-refractivity contribution in [1.82, 2.24) is 19.2 Å². The van der Waals surface area contributed by atoms with Crippen molar-refractivity contribution in [3.8, 4) is 11.3 Å². The van der Waals surface area contributed by atoms with Gasteiger partial charge in [0.2, 0.25) is 0 Å². The van der Waals surface area contributed by atoms with Crippen molar-refractivity contribution < 1.29 is 22.5 Å². The molecule has 3 unspecified atom stereocenters. The van der Waals surface area contributed by atoms with Crippen molar-refractivity contribution in [3.63, 3.8) is 0 Å². The Labute approximate surface area is 269 Å². The van der Waals surface area contributed by atoms with Crippen molar-refractivity contribution in [2.45, 2.75) is 56.8 Å². The molecule has 44 heavy (non-hydrogen) atoms. The van der Waals surface area contributed by atoms with Crippen LogP contribution in [0.15, 0.2) is 40.9 Å².